The van der Waals surface area contributed by atoms with E-state index in [9.17, 15) is 4.79 Å². The molecule has 4 heteroatoms. The van der Waals surface area contributed by atoms with E-state index < -0.39 is 0 Å². The van der Waals surface area contributed by atoms with Crippen LogP contribution in [0.4, 0.5) is 0 Å². The zero-order chi connectivity index (χ0) is 13.1. The van der Waals surface area contributed by atoms with Crippen LogP contribution in [0.5, 0.6) is 0 Å². The quantitative estimate of drug-likeness (QED) is 0.895. The summed E-state index contributed by atoms with van der Waals surface area (Å²) >= 11 is 0. The van der Waals surface area contributed by atoms with Gasteiger partial charge in [0.2, 0.25) is 5.91 Å². The van der Waals surface area contributed by atoms with Crippen molar-refractivity contribution in [2.24, 2.45) is 0 Å². The van der Waals surface area contributed by atoms with E-state index in [1.165, 1.54) is 18.4 Å². The Labute approximate surface area is 126 Å². The number of amides is 1. The third-order valence-corrected chi connectivity index (χ3v) is 4.06. The molecule has 0 aromatic heterocycles. The topological polar surface area (TPSA) is 41.1 Å². The first-order chi connectivity index (χ1) is 9.31. The molecule has 3 nitrogen and oxygen atoms in total. The van der Waals surface area contributed by atoms with Crippen molar-refractivity contribution in [3.8, 4) is 0 Å². The number of benzene rings is 1. The number of rotatable bonds is 4. The largest absolute Gasteiger partial charge is 0.352 e. The van der Waals surface area contributed by atoms with E-state index in [4.69, 9.17) is 0 Å². The Kier molecular flexibility index (Phi) is 5.44. The van der Waals surface area contributed by atoms with Crippen LogP contribution in [-0.4, -0.2) is 25.0 Å². The van der Waals surface area contributed by atoms with E-state index in [0.29, 0.717) is 12.5 Å². The third kappa shape index (κ3) is 4.22. The summed E-state index contributed by atoms with van der Waals surface area (Å²) in [5.74, 6) is 0.934. The zero-order valence-electron chi connectivity index (χ0n) is 11.7. The molecule has 1 aromatic rings. The van der Waals surface area contributed by atoms with Crippen molar-refractivity contribution in [1.29, 1.82) is 0 Å². The minimum Gasteiger partial charge on any atom is -0.352 e. The summed E-state index contributed by atoms with van der Waals surface area (Å²) in [6, 6.07) is 8.89. The standard InChI is InChI=1S/C16H22N2O.ClH/c19-16(18-15-2-1-9-17-11-15)10-12-3-5-13(6-4-12)14-7-8-14;/h3-6,14-15,17H,1-2,7-11H2,(H,18,19);1H. The second-order valence-corrected chi connectivity index (χ2v) is 5.80. The Hall–Kier alpha value is -1.06. The smallest absolute Gasteiger partial charge is 0.224 e. The van der Waals surface area contributed by atoms with Gasteiger partial charge in [-0.25, -0.2) is 0 Å². The van der Waals surface area contributed by atoms with Gasteiger partial charge in [0, 0.05) is 12.6 Å². The van der Waals surface area contributed by atoms with Gasteiger partial charge in [0.1, 0.15) is 0 Å². The molecule has 0 bridgehead atoms. The lowest BCUT2D eigenvalue weighted by Gasteiger charge is -2.23. The monoisotopic (exact) mass is 294 g/mol. The average molecular weight is 295 g/mol. The summed E-state index contributed by atoms with van der Waals surface area (Å²) in [5, 5.41) is 6.43. The predicted octanol–water partition coefficient (Wildman–Crippen LogP) is 2.40. The van der Waals surface area contributed by atoms with E-state index in [1.54, 1.807) is 0 Å². The molecule has 1 unspecified atom stereocenters. The van der Waals surface area contributed by atoms with Gasteiger partial charge in [0.05, 0.1) is 6.42 Å². The lowest BCUT2D eigenvalue weighted by Crippen LogP contribution is -2.46. The van der Waals surface area contributed by atoms with Crippen molar-refractivity contribution in [1.82, 2.24) is 10.6 Å². The maximum Gasteiger partial charge on any atom is 0.224 e. The molecule has 3 rings (SSSR count). The summed E-state index contributed by atoms with van der Waals surface area (Å²) in [5.41, 5.74) is 2.55. The van der Waals surface area contributed by atoms with Crippen LogP contribution in [0.25, 0.3) is 0 Å². The second-order valence-electron chi connectivity index (χ2n) is 5.80. The Morgan fingerprint density at radius 3 is 2.55 bits per heavy atom. The lowest BCUT2D eigenvalue weighted by molar-refractivity contribution is -0.121. The number of piperidine rings is 1. The molecule has 0 radical (unpaired) electrons. The molecule has 20 heavy (non-hydrogen) atoms. The van der Waals surface area contributed by atoms with Crippen LogP contribution >= 0.6 is 12.4 Å². The minimum absolute atomic E-state index is 0. The van der Waals surface area contributed by atoms with Crippen LogP contribution in [0.2, 0.25) is 0 Å². The fraction of sp³-hybridized carbons (Fsp3) is 0.562. The summed E-state index contributed by atoms with van der Waals surface area (Å²) in [6.07, 6.45) is 5.41. The Morgan fingerprint density at radius 2 is 1.95 bits per heavy atom. The van der Waals surface area contributed by atoms with Crippen molar-refractivity contribution in [3.05, 3.63) is 35.4 Å². The zero-order valence-corrected chi connectivity index (χ0v) is 12.5. The molecule has 2 fully saturated rings. The summed E-state index contributed by atoms with van der Waals surface area (Å²) in [7, 11) is 0. The first kappa shape index (κ1) is 15.3. The fourth-order valence-electron chi connectivity index (χ4n) is 2.76. The van der Waals surface area contributed by atoms with Crippen LogP contribution < -0.4 is 10.6 Å². The predicted molar refractivity (Wildman–Crippen MR) is 83.4 cm³/mol. The highest BCUT2D eigenvalue weighted by atomic mass is 35.5. The maximum absolute atomic E-state index is 12.0. The van der Waals surface area contributed by atoms with Gasteiger partial charge in [-0.2, -0.15) is 0 Å². The van der Waals surface area contributed by atoms with Gasteiger partial charge in [0.25, 0.3) is 0 Å². The van der Waals surface area contributed by atoms with Crippen LogP contribution in [0.1, 0.15) is 42.7 Å². The number of halogens is 1. The van der Waals surface area contributed by atoms with E-state index in [2.05, 4.69) is 34.9 Å². The van der Waals surface area contributed by atoms with E-state index >= 15 is 0 Å². The van der Waals surface area contributed by atoms with Gasteiger partial charge >= 0.3 is 0 Å². The first-order valence-electron chi connectivity index (χ1n) is 7.40. The highest BCUT2D eigenvalue weighted by molar-refractivity contribution is 5.85. The molecule has 1 saturated heterocycles. The van der Waals surface area contributed by atoms with E-state index in [-0.39, 0.29) is 18.3 Å². The number of carbonyl (C=O) groups is 1. The molecule has 2 N–H and O–H groups in total. The average Bonchev–Trinajstić information content (AvgIpc) is 3.25. The molecule has 1 amide bonds. The Morgan fingerprint density at radius 1 is 1.20 bits per heavy atom. The van der Waals surface area contributed by atoms with Gasteiger partial charge < -0.3 is 10.6 Å². The fourth-order valence-corrected chi connectivity index (χ4v) is 2.76. The first-order valence-corrected chi connectivity index (χ1v) is 7.40. The van der Waals surface area contributed by atoms with E-state index in [1.807, 2.05) is 0 Å². The highest BCUT2D eigenvalue weighted by Crippen LogP contribution is 2.39. The van der Waals surface area contributed by atoms with Crippen LogP contribution in [0.15, 0.2) is 24.3 Å². The van der Waals surface area contributed by atoms with Gasteiger partial charge in [-0.1, -0.05) is 24.3 Å². The van der Waals surface area contributed by atoms with Gasteiger partial charge in [-0.3, -0.25) is 4.79 Å². The molecule has 1 aliphatic heterocycles. The SMILES string of the molecule is Cl.O=C(Cc1ccc(C2CC2)cc1)NC1CCCNC1. The maximum atomic E-state index is 12.0. The molecular formula is C16H23ClN2O. The summed E-state index contributed by atoms with van der Waals surface area (Å²) in [6.45, 7) is 1.99. The molecule has 1 heterocycles. The van der Waals surface area contributed by atoms with Crippen molar-refractivity contribution < 1.29 is 4.79 Å². The highest BCUT2D eigenvalue weighted by Gasteiger charge is 2.23. The summed E-state index contributed by atoms with van der Waals surface area (Å²) < 4.78 is 0. The van der Waals surface area contributed by atoms with Crippen molar-refractivity contribution in [2.45, 2.75) is 44.1 Å². The number of carbonyl (C=O) groups excluding carboxylic acids is 1. The molecular weight excluding hydrogens is 272 g/mol. The molecule has 1 saturated carbocycles. The molecule has 0 spiro atoms. The second kappa shape index (κ2) is 7.09. The van der Waals surface area contributed by atoms with E-state index in [0.717, 1.165) is 37.4 Å². The minimum atomic E-state index is 0. The normalized spacial score (nSPS) is 21.9. The molecule has 110 valence electrons. The van der Waals surface area contributed by atoms with Crippen LogP contribution in [-0.2, 0) is 11.2 Å². The van der Waals surface area contributed by atoms with Gasteiger partial charge in [-0.05, 0) is 49.3 Å². The Bertz CT molecular complexity index is 436. The molecule has 1 aliphatic carbocycles. The van der Waals surface area contributed by atoms with Crippen molar-refractivity contribution in [2.75, 3.05) is 13.1 Å². The van der Waals surface area contributed by atoms with Gasteiger partial charge in [0.15, 0.2) is 0 Å². The Balaban J connectivity index is 0.00000147. The number of nitrogens with one attached hydrogen (secondary N) is 2. The molecule has 1 atom stereocenters. The third-order valence-electron chi connectivity index (χ3n) is 4.06. The van der Waals surface area contributed by atoms with Crippen molar-refractivity contribution in [3.63, 3.8) is 0 Å². The summed E-state index contributed by atoms with van der Waals surface area (Å²) in [4.78, 5) is 12.0. The molecule has 1 aromatic carbocycles. The van der Waals surface area contributed by atoms with Gasteiger partial charge in [-0.15, -0.1) is 12.4 Å². The number of hydrogen-bond acceptors (Lipinski definition) is 2. The lowest BCUT2D eigenvalue weighted by atomic mass is 10.0. The van der Waals surface area contributed by atoms with Crippen LogP contribution in [0.3, 0.4) is 0 Å². The number of hydrogen-bond donors (Lipinski definition) is 2. The van der Waals surface area contributed by atoms with Crippen LogP contribution in [0, 0.1) is 0 Å². The molecule has 2 aliphatic rings. The van der Waals surface area contributed by atoms with Crippen molar-refractivity contribution >= 4 is 18.3 Å².